The van der Waals surface area contributed by atoms with Gasteiger partial charge in [0.25, 0.3) is 0 Å². The minimum Gasteiger partial charge on any atom is -0.464 e. The smallest absolute Gasteiger partial charge is 0.364 e. The summed E-state index contributed by atoms with van der Waals surface area (Å²) in [5.74, 6) is -0.687. The summed E-state index contributed by atoms with van der Waals surface area (Å²) in [5, 5.41) is 4.45. The van der Waals surface area contributed by atoms with Gasteiger partial charge in [-0.1, -0.05) is 96.2 Å². The largest absolute Gasteiger partial charge is 0.464 e. The Morgan fingerprint density at radius 1 is 0.875 bits per heavy atom. The number of aromatic nitrogens is 2. The van der Waals surface area contributed by atoms with Gasteiger partial charge in [-0.15, -0.1) is 0 Å². The van der Waals surface area contributed by atoms with Crippen LogP contribution in [0, 0.1) is 0 Å². The molecular formula is C24H20N4O3S. The van der Waals surface area contributed by atoms with Crippen LogP contribution in [0.3, 0.4) is 0 Å². The molecule has 0 radical (unpaired) electrons. The predicted octanol–water partition coefficient (Wildman–Crippen LogP) is 4.01. The highest BCUT2D eigenvalue weighted by Gasteiger charge is 2.40. The normalized spacial score (nSPS) is 11.7. The highest BCUT2D eigenvalue weighted by atomic mass is 32.1. The second-order valence-corrected chi connectivity index (χ2v) is 7.54. The van der Waals surface area contributed by atoms with Crippen molar-refractivity contribution in [1.82, 2.24) is 9.36 Å². The lowest BCUT2D eigenvalue weighted by Crippen LogP contribution is -2.32. The van der Waals surface area contributed by atoms with Gasteiger partial charge in [-0.3, -0.25) is 0 Å². The first-order chi connectivity index (χ1) is 15.6. The first-order valence-electron chi connectivity index (χ1n) is 9.76. The average Bonchev–Trinajstić information content (AvgIpc) is 3.29. The number of hydrogen-bond donors (Lipinski definition) is 1. The van der Waals surface area contributed by atoms with Crippen molar-refractivity contribution < 1.29 is 14.4 Å². The molecule has 0 saturated carbocycles. The van der Waals surface area contributed by atoms with Gasteiger partial charge in [-0.2, -0.15) is 9.36 Å². The first-order valence-corrected chi connectivity index (χ1v) is 10.5. The van der Waals surface area contributed by atoms with E-state index in [2.05, 4.69) is 14.5 Å². The number of anilines is 1. The third-order valence-corrected chi connectivity index (χ3v) is 5.39. The Morgan fingerprint density at radius 2 is 1.34 bits per heavy atom. The summed E-state index contributed by atoms with van der Waals surface area (Å²) in [6.07, 6.45) is 0. The SMILES string of the molecule is COC(=O)/C(=N/OC(c1ccccc1)(c1ccccc1)c1ccccc1)c1nsc(N)n1. The van der Waals surface area contributed by atoms with E-state index >= 15 is 0 Å². The molecule has 7 nitrogen and oxygen atoms in total. The van der Waals surface area contributed by atoms with E-state index in [4.69, 9.17) is 15.3 Å². The zero-order chi connectivity index (χ0) is 22.4. The zero-order valence-electron chi connectivity index (χ0n) is 17.2. The van der Waals surface area contributed by atoms with Gasteiger partial charge in [0.05, 0.1) is 7.11 Å². The number of benzene rings is 3. The number of nitrogens with two attached hydrogens (primary N) is 1. The molecule has 0 bridgehead atoms. The molecule has 0 aliphatic rings. The van der Waals surface area contributed by atoms with E-state index in [0.29, 0.717) is 0 Å². The number of oxime groups is 1. The summed E-state index contributed by atoms with van der Waals surface area (Å²) >= 11 is 0.956. The van der Waals surface area contributed by atoms with Crippen molar-refractivity contribution in [1.29, 1.82) is 0 Å². The number of methoxy groups -OCH3 is 1. The Bertz CT molecular complexity index is 1120. The van der Waals surface area contributed by atoms with Crippen molar-refractivity contribution in [3.63, 3.8) is 0 Å². The fourth-order valence-corrected chi connectivity index (χ4v) is 3.82. The Labute approximate surface area is 189 Å². The van der Waals surface area contributed by atoms with Gasteiger partial charge in [0.15, 0.2) is 5.13 Å². The van der Waals surface area contributed by atoms with Gasteiger partial charge in [0, 0.05) is 28.2 Å². The minimum atomic E-state index is -1.15. The molecule has 0 saturated heterocycles. The highest BCUT2D eigenvalue weighted by Crippen LogP contribution is 2.40. The van der Waals surface area contributed by atoms with Crippen LogP contribution in [-0.4, -0.2) is 28.1 Å². The summed E-state index contributed by atoms with van der Waals surface area (Å²) in [7, 11) is 1.26. The monoisotopic (exact) mass is 444 g/mol. The molecule has 4 aromatic rings. The summed E-state index contributed by atoms with van der Waals surface area (Å²) in [6, 6.07) is 29.0. The third-order valence-electron chi connectivity index (χ3n) is 4.85. The van der Waals surface area contributed by atoms with E-state index in [-0.39, 0.29) is 16.7 Å². The van der Waals surface area contributed by atoms with Crippen LogP contribution in [0.2, 0.25) is 0 Å². The number of carbonyl (C=O) groups excluding carboxylic acids is 1. The number of ether oxygens (including phenoxy) is 1. The van der Waals surface area contributed by atoms with E-state index in [9.17, 15) is 4.79 Å². The lowest BCUT2D eigenvalue weighted by Gasteiger charge is -2.33. The molecule has 0 aliphatic carbocycles. The quantitative estimate of drug-likeness (QED) is 0.200. The molecule has 1 heterocycles. The lowest BCUT2D eigenvalue weighted by atomic mass is 9.80. The highest BCUT2D eigenvalue weighted by molar-refractivity contribution is 7.09. The fourth-order valence-electron chi connectivity index (χ4n) is 3.39. The van der Waals surface area contributed by atoms with Crippen molar-refractivity contribution in [2.24, 2.45) is 5.16 Å². The molecule has 0 atom stereocenters. The van der Waals surface area contributed by atoms with E-state index in [0.717, 1.165) is 28.2 Å². The van der Waals surface area contributed by atoms with Crippen molar-refractivity contribution in [3.8, 4) is 0 Å². The van der Waals surface area contributed by atoms with Gasteiger partial charge in [0.1, 0.15) is 0 Å². The Balaban J connectivity index is 1.95. The Kier molecular flexibility index (Phi) is 6.23. The van der Waals surface area contributed by atoms with Crippen LogP contribution in [-0.2, 0) is 20.0 Å². The van der Waals surface area contributed by atoms with Crippen LogP contribution in [0.4, 0.5) is 5.13 Å². The molecule has 0 amide bonds. The summed E-state index contributed by atoms with van der Waals surface area (Å²) in [6.45, 7) is 0. The van der Waals surface area contributed by atoms with Crippen LogP contribution in [0.1, 0.15) is 22.5 Å². The van der Waals surface area contributed by atoms with Gasteiger partial charge >= 0.3 is 5.97 Å². The molecule has 0 spiro atoms. The number of carbonyl (C=O) groups is 1. The average molecular weight is 445 g/mol. The maximum absolute atomic E-state index is 12.5. The molecule has 0 fully saturated rings. The maximum atomic E-state index is 12.5. The van der Waals surface area contributed by atoms with Gasteiger partial charge in [0.2, 0.25) is 17.1 Å². The van der Waals surface area contributed by atoms with Crippen LogP contribution in [0.25, 0.3) is 0 Å². The third kappa shape index (κ3) is 4.08. The minimum absolute atomic E-state index is 0.0439. The Hall–Kier alpha value is -4.04. The lowest BCUT2D eigenvalue weighted by molar-refractivity contribution is -0.133. The standard InChI is InChI=1S/C24H20N4O3S/c1-30-22(29)20(21-26-23(25)32-28-21)27-31-24(17-11-5-2-6-12-17,18-13-7-3-8-14-18)19-15-9-4-10-16-19/h2-16H,1H3,(H2,25,26,28)/b27-20+. The summed E-state index contributed by atoms with van der Waals surface area (Å²) in [5.41, 5.74) is 6.88. The van der Waals surface area contributed by atoms with Crippen LogP contribution < -0.4 is 5.73 Å². The van der Waals surface area contributed by atoms with E-state index in [1.54, 1.807) is 0 Å². The predicted molar refractivity (Wildman–Crippen MR) is 123 cm³/mol. The second-order valence-electron chi connectivity index (χ2n) is 6.76. The molecule has 0 unspecified atom stereocenters. The van der Waals surface area contributed by atoms with Crippen LogP contribution in [0.5, 0.6) is 0 Å². The molecule has 160 valence electrons. The topological polar surface area (TPSA) is 99.7 Å². The fraction of sp³-hybridized carbons (Fsp3) is 0.0833. The number of esters is 1. The molecule has 8 heteroatoms. The second kappa shape index (κ2) is 9.40. The van der Waals surface area contributed by atoms with Gasteiger partial charge in [-0.25, -0.2) is 4.79 Å². The molecular weight excluding hydrogens is 424 g/mol. The number of nitrogen functional groups attached to an aromatic ring is 1. The van der Waals surface area contributed by atoms with Crippen molar-refractivity contribution >= 4 is 28.3 Å². The van der Waals surface area contributed by atoms with Crippen molar-refractivity contribution in [3.05, 3.63) is 114 Å². The number of rotatable bonds is 7. The number of nitrogens with zero attached hydrogens (tertiary/aromatic N) is 3. The van der Waals surface area contributed by atoms with Crippen molar-refractivity contribution in [2.45, 2.75) is 5.60 Å². The molecule has 2 N–H and O–H groups in total. The molecule has 3 aromatic carbocycles. The molecule has 4 rings (SSSR count). The number of hydrogen-bond acceptors (Lipinski definition) is 8. The van der Waals surface area contributed by atoms with Crippen LogP contribution in [0.15, 0.2) is 96.2 Å². The Morgan fingerprint density at radius 3 is 1.72 bits per heavy atom. The van der Waals surface area contributed by atoms with Crippen molar-refractivity contribution in [2.75, 3.05) is 12.8 Å². The summed E-state index contributed by atoms with van der Waals surface area (Å²) in [4.78, 5) is 22.9. The molecule has 32 heavy (non-hydrogen) atoms. The molecule has 0 aliphatic heterocycles. The summed E-state index contributed by atoms with van der Waals surface area (Å²) < 4.78 is 8.99. The van der Waals surface area contributed by atoms with E-state index in [1.165, 1.54) is 7.11 Å². The van der Waals surface area contributed by atoms with Crippen LogP contribution >= 0.6 is 11.5 Å². The zero-order valence-corrected chi connectivity index (χ0v) is 18.0. The van der Waals surface area contributed by atoms with Gasteiger partial charge < -0.3 is 15.3 Å². The van der Waals surface area contributed by atoms with E-state index < -0.39 is 11.6 Å². The maximum Gasteiger partial charge on any atom is 0.364 e. The van der Waals surface area contributed by atoms with Gasteiger partial charge in [-0.05, 0) is 0 Å². The first kappa shape index (κ1) is 21.2. The molecule has 1 aromatic heterocycles. The van der Waals surface area contributed by atoms with E-state index in [1.807, 2.05) is 91.0 Å².